The van der Waals surface area contributed by atoms with Crippen LogP contribution < -0.4 is 15.8 Å². The van der Waals surface area contributed by atoms with Gasteiger partial charge in [-0.05, 0) is 29.3 Å². The van der Waals surface area contributed by atoms with Gasteiger partial charge < -0.3 is 25.5 Å². The molecule has 0 atom stereocenters. The summed E-state index contributed by atoms with van der Waals surface area (Å²) in [5.74, 6) is 0.550. The number of carbonyl (C=O) groups excluding carboxylic acids is 1. The molecule has 2 aliphatic rings. The van der Waals surface area contributed by atoms with Gasteiger partial charge in [-0.3, -0.25) is 15.1 Å². The van der Waals surface area contributed by atoms with Crippen LogP contribution in [0.1, 0.15) is 27.3 Å². The average Bonchev–Trinajstić information content (AvgIpc) is 3.49. The third-order valence-corrected chi connectivity index (χ3v) is 5.94. The van der Waals surface area contributed by atoms with Crippen LogP contribution in [0.25, 0.3) is 11.0 Å². The maximum atomic E-state index is 12.9. The molecule has 2 aromatic carbocycles. The summed E-state index contributed by atoms with van der Waals surface area (Å²) in [5, 5.41) is 11.3. The number of carbonyl (C=O) groups is 1. The van der Waals surface area contributed by atoms with E-state index >= 15 is 0 Å². The number of aromatic amines is 1. The molecule has 1 fully saturated rings. The van der Waals surface area contributed by atoms with Crippen LogP contribution in [0.15, 0.2) is 48.3 Å². The highest BCUT2D eigenvalue weighted by molar-refractivity contribution is 6.12. The number of amides is 1. The molecule has 3 heterocycles. The number of hydrogen-bond acceptors (Lipinski definition) is 7. The van der Waals surface area contributed by atoms with Crippen molar-refractivity contribution in [1.29, 1.82) is 5.41 Å². The van der Waals surface area contributed by atoms with E-state index in [1.807, 2.05) is 30.3 Å². The molecule has 0 spiro atoms. The lowest BCUT2D eigenvalue weighted by Crippen LogP contribution is -2.35. The molecular weight excluding hydrogens is 420 g/mol. The second kappa shape index (κ2) is 9.05. The number of aromatic nitrogens is 2. The van der Waals surface area contributed by atoms with Crippen molar-refractivity contribution in [3.05, 3.63) is 70.8 Å². The molecule has 1 aromatic heterocycles. The molecule has 0 unspecified atom stereocenters. The minimum atomic E-state index is -0.376. The minimum absolute atomic E-state index is 0.00488. The van der Waals surface area contributed by atoms with E-state index in [-0.39, 0.29) is 17.3 Å². The van der Waals surface area contributed by atoms with E-state index in [0.717, 1.165) is 61.4 Å². The maximum Gasteiger partial charge on any atom is 0.259 e. The summed E-state index contributed by atoms with van der Waals surface area (Å²) in [7, 11) is 0. The first-order chi connectivity index (χ1) is 16.1. The van der Waals surface area contributed by atoms with Gasteiger partial charge in [-0.15, -0.1) is 0 Å². The molecule has 5 rings (SSSR count). The number of rotatable bonds is 6. The Morgan fingerprint density at radius 1 is 1.24 bits per heavy atom. The topological polar surface area (TPSA) is 129 Å². The first-order valence-electron chi connectivity index (χ1n) is 11.0. The summed E-state index contributed by atoms with van der Waals surface area (Å²) < 4.78 is 11.0. The zero-order valence-corrected chi connectivity index (χ0v) is 18.2. The average molecular weight is 447 g/mol. The van der Waals surface area contributed by atoms with Crippen molar-refractivity contribution < 1.29 is 14.3 Å². The Labute approximate surface area is 191 Å². The molecule has 1 amide bonds. The smallest absolute Gasteiger partial charge is 0.259 e. The van der Waals surface area contributed by atoms with Crippen molar-refractivity contribution in [2.24, 2.45) is 5.73 Å². The molecule has 2 aliphatic heterocycles. The van der Waals surface area contributed by atoms with Crippen LogP contribution in [0.3, 0.4) is 0 Å². The summed E-state index contributed by atoms with van der Waals surface area (Å²) >= 11 is 0. The number of H-pyrrole nitrogens is 1. The number of ether oxygens (including phenoxy) is 2. The van der Waals surface area contributed by atoms with Crippen molar-refractivity contribution >= 4 is 22.7 Å². The van der Waals surface area contributed by atoms with E-state index in [2.05, 4.69) is 20.2 Å². The monoisotopic (exact) mass is 446 g/mol. The van der Waals surface area contributed by atoms with Crippen molar-refractivity contribution in [2.75, 3.05) is 32.9 Å². The molecule has 5 N–H and O–H groups in total. The van der Waals surface area contributed by atoms with Gasteiger partial charge >= 0.3 is 0 Å². The van der Waals surface area contributed by atoms with Crippen LogP contribution in [0, 0.1) is 5.41 Å². The number of allylic oxidation sites excluding steroid dienone is 1. The van der Waals surface area contributed by atoms with Gasteiger partial charge in [0.2, 0.25) is 0 Å². The van der Waals surface area contributed by atoms with Gasteiger partial charge in [0.25, 0.3) is 5.91 Å². The van der Waals surface area contributed by atoms with Gasteiger partial charge in [0.1, 0.15) is 11.5 Å². The number of nitrogens with zero attached hydrogens (tertiary/aromatic N) is 2. The van der Waals surface area contributed by atoms with Gasteiger partial charge in [-0.2, -0.15) is 0 Å². The third-order valence-electron chi connectivity index (χ3n) is 5.94. The molecule has 3 aromatic rings. The van der Waals surface area contributed by atoms with Gasteiger partial charge in [-0.25, -0.2) is 4.98 Å². The van der Waals surface area contributed by atoms with E-state index in [1.165, 1.54) is 6.20 Å². The predicted molar refractivity (Wildman–Crippen MR) is 124 cm³/mol. The fourth-order valence-electron chi connectivity index (χ4n) is 4.19. The number of nitrogens with one attached hydrogen (secondary N) is 3. The first kappa shape index (κ1) is 21.2. The van der Waals surface area contributed by atoms with Crippen LogP contribution in [-0.2, 0) is 17.7 Å². The lowest BCUT2D eigenvalue weighted by molar-refractivity contribution is 0.0342. The minimum Gasteiger partial charge on any atom is -0.492 e. The standard InChI is InChI=1S/C24H26N6O3/c25-13-20(29-24(31)17-3-1-2-16-6-9-33-22(16)17)21(26)23-27-18-5-4-15(12-19(18)28-23)14-30-7-10-32-11-8-30/h1-5,12-13,26H,6-11,14,25H2,(H,27,28)(H,29,31)/b20-13+,26-21?. The number of morpholine rings is 1. The van der Waals surface area contributed by atoms with Gasteiger partial charge in [0.15, 0.2) is 5.82 Å². The van der Waals surface area contributed by atoms with E-state index in [9.17, 15) is 4.79 Å². The Balaban J connectivity index is 1.32. The van der Waals surface area contributed by atoms with Gasteiger partial charge in [0, 0.05) is 32.3 Å². The fourth-order valence-corrected chi connectivity index (χ4v) is 4.19. The zero-order valence-electron chi connectivity index (χ0n) is 18.2. The summed E-state index contributed by atoms with van der Waals surface area (Å²) in [4.78, 5) is 22.9. The van der Waals surface area contributed by atoms with E-state index in [0.29, 0.717) is 23.7 Å². The van der Waals surface area contributed by atoms with E-state index in [4.69, 9.17) is 20.6 Å². The zero-order chi connectivity index (χ0) is 22.8. The van der Waals surface area contributed by atoms with Crippen LogP contribution in [0.4, 0.5) is 0 Å². The number of imidazole rings is 1. The summed E-state index contributed by atoms with van der Waals surface area (Å²) in [6.45, 7) is 4.73. The summed E-state index contributed by atoms with van der Waals surface area (Å²) in [6.07, 6.45) is 1.99. The Hall–Kier alpha value is -3.69. The molecule has 0 bridgehead atoms. The molecular formula is C24H26N6O3. The highest BCUT2D eigenvalue weighted by Gasteiger charge is 2.23. The molecule has 1 saturated heterocycles. The second-order valence-electron chi connectivity index (χ2n) is 8.13. The number of hydrogen-bond donors (Lipinski definition) is 4. The van der Waals surface area contributed by atoms with Crippen molar-refractivity contribution in [3.8, 4) is 5.75 Å². The van der Waals surface area contributed by atoms with Crippen LogP contribution in [0.5, 0.6) is 5.75 Å². The first-order valence-corrected chi connectivity index (χ1v) is 11.0. The predicted octanol–water partition coefficient (Wildman–Crippen LogP) is 1.93. The molecule has 0 aliphatic carbocycles. The molecule has 0 radical (unpaired) electrons. The second-order valence-corrected chi connectivity index (χ2v) is 8.13. The Kier molecular flexibility index (Phi) is 5.80. The Morgan fingerprint density at radius 3 is 2.91 bits per heavy atom. The summed E-state index contributed by atoms with van der Waals surface area (Å²) in [5.41, 5.74) is 10.1. The number of nitrogens with two attached hydrogens (primary N) is 1. The molecule has 170 valence electrons. The number of benzene rings is 2. The van der Waals surface area contributed by atoms with Crippen LogP contribution in [0.2, 0.25) is 0 Å². The highest BCUT2D eigenvalue weighted by Crippen LogP contribution is 2.29. The van der Waals surface area contributed by atoms with Gasteiger partial charge in [-0.1, -0.05) is 18.2 Å². The fraction of sp³-hybridized carbons (Fsp3) is 0.292. The van der Waals surface area contributed by atoms with Crippen molar-refractivity contribution in [2.45, 2.75) is 13.0 Å². The molecule has 9 heteroatoms. The highest BCUT2D eigenvalue weighted by atomic mass is 16.5. The lowest BCUT2D eigenvalue weighted by Gasteiger charge is -2.26. The van der Waals surface area contributed by atoms with E-state index < -0.39 is 0 Å². The maximum absolute atomic E-state index is 12.9. The summed E-state index contributed by atoms with van der Waals surface area (Å²) in [6, 6.07) is 11.5. The third kappa shape index (κ3) is 4.33. The van der Waals surface area contributed by atoms with Crippen molar-refractivity contribution in [3.63, 3.8) is 0 Å². The largest absolute Gasteiger partial charge is 0.492 e. The van der Waals surface area contributed by atoms with Gasteiger partial charge in [0.05, 0.1) is 42.1 Å². The normalized spacial score (nSPS) is 16.4. The molecule has 0 saturated carbocycles. The Bertz CT molecular complexity index is 1240. The van der Waals surface area contributed by atoms with Crippen molar-refractivity contribution in [1.82, 2.24) is 20.2 Å². The van der Waals surface area contributed by atoms with Crippen LogP contribution >= 0.6 is 0 Å². The van der Waals surface area contributed by atoms with Crippen LogP contribution in [-0.4, -0.2) is 59.4 Å². The SMILES string of the molecule is N=C(/C(=C\N)NC(=O)c1cccc2c1OCC2)c1nc2ccc(CN3CCOCC3)cc2[nH]1. The molecule has 33 heavy (non-hydrogen) atoms. The van der Waals surface area contributed by atoms with E-state index in [1.54, 1.807) is 6.07 Å². The quantitative estimate of drug-likeness (QED) is 0.428. The molecule has 9 nitrogen and oxygen atoms in total. The Morgan fingerprint density at radius 2 is 2.09 bits per heavy atom. The number of fused-ring (bicyclic) bond motifs is 2. The lowest BCUT2D eigenvalue weighted by atomic mass is 10.1. The number of para-hydroxylation sites is 1.